The van der Waals surface area contributed by atoms with Gasteiger partial charge in [0.25, 0.3) is 0 Å². The highest BCUT2D eigenvalue weighted by Crippen LogP contribution is 2.49. The molecular formula is C27H36N+. The second kappa shape index (κ2) is 6.87. The Balaban J connectivity index is 1.96. The van der Waals surface area contributed by atoms with Gasteiger partial charge in [0.1, 0.15) is 0 Å². The monoisotopic (exact) mass is 374 g/mol. The van der Waals surface area contributed by atoms with E-state index in [9.17, 15) is 0 Å². The van der Waals surface area contributed by atoms with E-state index in [4.69, 9.17) is 0 Å². The molecule has 0 saturated carbocycles. The van der Waals surface area contributed by atoms with Crippen LogP contribution >= 0.6 is 0 Å². The largest absolute Gasteiger partial charge is 0.212 e. The maximum Gasteiger partial charge on any atom is 0.212 e. The van der Waals surface area contributed by atoms with Crippen LogP contribution in [-0.2, 0) is 11.8 Å². The summed E-state index contributed by atoms with van der Waals surface area (Å²) in [5.41, 5.74) is 7.86. The van der Waals surface area contributed by atoms with Gasteiger partial charge in [-0.15, -0.1) is 0 Å². The molecule has 4 rings (SSSR count). The van der Waals surface area contributed by atoms with Crippen LogP contribution in [0.3, 0.4) is 0 Å². The van der Waals surface area contributed by atoms with Crippen molar-refractivity contribution in [2.24, 2.45) is 0 Å². The number of rotatable bonds is 3. The van der Waals surface area contributed by atoms with E-state index in [0.29, 0.717) is 11.8 Å². The summed E-state index contributed by atoms with van der Waals surface area (Å²) in [6.07, 6.45) is 7.61. The summed E-state index contributed by atoms with van der Waals surface area (Å²) < 4.78 is 2.67. The summed E-state index contributed by atoms with van der Waals surface area (Å²) in [6, 6.07) is 16.1. The highest BCUT2D eigenvalue weighted by atomic mass is 15.1. The standard InChI is InChI=1S/C27H36N/c1-19(2)22-13-9-14-23(20(3)4)25(22)28-18-27(17-26(28,5)6)16-10-12-21-11-7-8-15-24(21)27/h7-9,11,13-15,18-20H,10,12,16-17H2,1-6H3/q+1. The Kier molecular flexibility index (Phi) is 4.76. The number of benzene rings is 2. The van der Waals surface area contributed by atoms with Gasteiger partial charge in [-0.2, -0.15) is 4.58 Å². The van der Waals surface area contributed by atoms with E-state index in [1.165, 1.54) is 42.5 Å². The lowest BCUT2D eigenvalue weighted by Crippen LogP contribution is -2.34. The van der Waals surface area contributed by atoms with E-state index < -0.39 is 0 Å². The van der Waals surface area contributed by atoms with Gasteiger partial charge in [-0.1, -0.05) is 70.2 Å². The first-order valence-electron chi connectivity index (χ1n) is 11.1. The Morgan fingerprint density at radius 1 is 0.857 bits per heavy atom. The third-order valence-electron chi connectivity index (χ3n) is 6.98. The molecule has 1 heteroatoms. The van der Waals surface area contributed by atoms with Gasteiger partial charge in [-0.25, -0.2) is 0 Å². The summed E-state index contributed by atoms with van der Waals surface area (Å²) in [5.74, 6) is 1.04. The van der Waals surface area contributed by atoms with E-state index in [-0.39, 0.29) is 11.0 Å². The molecule has 1 nitrogen and oxygen atoms in total. The average molecular weight is 375 g/mol. The zero-order valence-electron chi connectivity index (χ0n) is 18.5. The fourth-order valence-electron chi connectivity index (χ4n) is 5.75. The third-order valence-corrected chi connectivity index (χ3v) is 6.98. The summed E-state index contributed by atoms with van der Waals surface area (Å²) in [7, 11) is 0. The number of nitrogens with zero attached hydrogens (tertiary/aromatic N) is 1. The van der Waals surface area contributed by atoms with Crippen molar-refractivity contribution in [3.8, 4) is 0 Å². The van der Waals surface area contributed by atoms with Crippen LogP contribution in [0, 0.1) is 0 Å². The molecule has 0 N–H and O–H groups in total. The van der Waals surface area contributed by atoms with Gasteiger partial charge in [-0.05, 0) is 42.2 Å². The van der Waals surface area contributed by atoms with Crippen molar-refractivity contribution < 1.29 is 4.58 Å². The average Bonchev–Trinajstić information content (AvgIpc) is 2.92. The van der Waals surface area contributed by atoms with Crippen LogP contribution in [0.4, 0.5) is 5.69 Å². The molecule has 0 aromatic heterocycles. The fraction of sp³-hybridized carbons (Fsp3) is 0.519. The summed E-state index contributed by atoms with van der Waals surface area (Å²) in [4.78, 5) is 0. The second-order valence-corrected chi connectivity index (χ2v) is 10.2. The lowest BCUT2D eigenvalue weighted by atomic mass is 9.67. The quantitative estimate of drug-likeness (QED) is 0.504. The van der Waals surface area contributed by atoms with Crippen LogP contribution in [0.2, 0.25) is 0 Å². The molecule has 2 aromatic carbocycles. The second-order valence-electron chi connectivity index (χ2n) is 10.2. The topological polar surface area (TPSA) is 3.01 Å². The zero-order chi connectivity index (χ0) is 20.1. The highest BCUT2D eigenvalue weighted by molar-refractivity contribution is 5.75. The molecule has 28 heavy (non-hydrogen) atoms. The normalized spacial score (nSPS) is 23.4. The van der Waals surface area contributed by atoms with E-state index >= 15 is 0 Å². The van der Waals surface area contributed by atoms with Crippen molar-refractivity contribution in [1.82, 2.24) is 0 Å². The van der Waals surface area contributed by atoms with Crippen LogP contribution in [0.25, 0.3) is 0 Å². The molecule has 1 heterocycles. The zero-order valence-corrected chi connectivity index (χ0v) is 18.5. The van der Waals surface area contributed by atoms with Gasteiger partial charge in [0.05, 0.1) is 5.41 Å². The summed E-state index contributed by atoms with van der Waals surface area (Å²) in [6.45, 7) is 14.2. The minimum absolute atomic E-state index is 0.110. The predicted octanol–water partition coefficient (Wildman–Crippen LogP) is 7.10. The van der Waals surface area contributed by atoms with Crippen LogP contribution < -0.4 is 0 Å². The molecule has 0 saturated heterocycles. The van der Waals surface area contributed by atoms with E-state index in [0.717, 1.165) is 0 Å². The first-order chi connectivity index (χ1) is 13.3. The molecule has 0 bridgehead atoms. The van der Waals surface area contributed by atoms with Crippen molar-refractivity contribution in [3.63, 3.8) is 0 Å². The fourth-order valence-corrected chi connectivity index (χ4v) is 5.75. The Hall–Kier alpha value is -1.89. The van der Waals surface area contributed by atoms with Gasteiger partial charge < -0.3 is 0 Å². The first kappa shape index (κ1) is 19.4. The van der Waals surface area contributed by atoms with Crippen molar-refractivity contribution in [1.29, 1.82) is 0 Å². The summed E-state index contributed by atoms with van der Waals surface area (Å²) >= 11 is 0. The molecule has 0 amide bonds. The van der Waals surface area contributed by atoms with E-state index in [1.807, 2.05) is 0 Å². The van der Waals surface area contributed by atoms with Crippen LogP contribution in [0.5, 0.6) is 0 Å². The molecule has 0 fully saturated rings. The van der Waals surface area contributed by atoms with Crippen molar-refractivity contribution in [2.75, 3.05) is 0 Å². The Morgan fingerprint density at radius 3 is 2.14 bits per heavy atom. The number of aryl methyl sites for hydroxylation is 1. The first-order valence-corrected chi connectivity index (χ1v) is 11.1. The van der Waals surface area contributed by atoms with Crippen molar-refractivity contribution in [3.05, 3.63) is 64.7 Å². The maximum atomic E-state index is 2.67. The molecule has 148 valence electrons. The van der Waals surface area contributed by atoms with Gasteiger partial charge in [0.15, 0.2) is 11.8 Å². The van der Waals surface area contributed by atoms with E-state index in [1.54, 1.807) is 11.1 Å². The molecule has 2 aliphatic rings. The number of para-hydroxylation sites is 1. The van der Waals surface area contributed by atoms with Crippen molar-refractivity contribution >= 4 is 11.9 Å². The Bertz CT molecular complexity index is 889. The number of hydrogen-bond donors (Lipinski definition) is 0. The lowest BCUT2D eigenvalue weighted by Gasteiger charge is -2.32. The predicted molar refractivity (Wildman–Crippen MR) is 120 cm³/mol. The highest BCUT2D eigenvalue weighted by Gasteiger charge is 2.54. The molecule has 1 atom stereocenters. The molecule has 1 unspecified atom stereocenters. The van der Waals surface area contributed by atoms with E-state index in [2.05, 4.69) is 94.8 Å². The van der Waals surface area contributed by atoms with Gasteiger partial charge in [0.2, 0.25) is 5.69 Å². The Labute approximate surface area is 171 Å². The molecule has 2 aromatic rings. The van der Waals surface area contributed by atoms with Crippen LogP contribution in [0.15, 0.2) is 42.5 Å². The maximum absolute atomic E-state index is 2.67. The molecule has 1 aliphatic heterocycles. The van der Waals surface area contributed by atoms with Crippen LogP contribution in [0.1, 0.15) is 94.9 Å². The lowest BCUT2D eigenvalue weighted by molar-refractivity contribution is -0.513. The van der Waals surface area contributed by atoms with Gasteiger partial charge in [0, 0.05) is 31.4 Å². The SMILES string of the molecule is CC(C)c1cccc(C(C)C)c1[N+]1=CC2(CCCc3ccccc32)CC1(C)C. The molecule has 1 spiro atoms. The molecule has 0 radical (unpaired) electrons. The molecular weight excluding hydrogens is 338 g/mol. The smallest absolute Gasteiger partial charge is 0.196 e. The Morgan fingerprint density at radius 2 is 1.50 bits per heavy atom. The van der Waals surface area contributed by atoms with Crippen molar-refractivity contribution in [2.45, 2.75) is 90.0 Å². The minimum atomic E-state index is 0.110. The van der Waals surface area contributed by atoms with Gasteiger partial charge >= 0.3 is 0 Å². The third kappa shape index (κ3) is 3.04. The molecule has 1 aliphatic carbocycles. The number of hydrogen-bond acceptors (Lipinski definition) is 0. The van der Waals surface area contributed by atoms with Crippen LogP contribution in [-0.4, -0.2) is 16.3 Å². The minimum Gasteiger partial charge on any atom is -0.196 e. The summed E-state index contributed by atoms with van der Waals surface area (Å²) in [5, 5.41) is 0. The van der Waals surface area contributed by atoms with Gasteiger partial charge in [-0.3, -0.25) is 0 Å². The number of fused-ring (bicyclic) bond motifs is 2.